The van der Waals surface area contributed by atoms with E-state index in [9.17, 15) is 9.50 Å². The Bertz CT molecular complexity index is 406. The Kier molecular flexibility index (Phi) is 2.84. The van der Waals surface area contributed by atoms with E-state index in [2.05, 4.69) is 0 Å². The van der Waals surface area contributed by atoms with E-state index in [0.717, 1.165) is 0 Å². The highest BCUT2D eigenvalue weighted by Gasteiger charge is 2.49. The number of rotatable bonds is 2. The Morgan fingerprint density at radius 1 is 1.50 bits per heavy atom. The maximum Gasteiger partial charge on any atom is 0.183 e. The van der Waals surface area contributed by atoms with Gasteiger partial charge in [-0.3, -0.25) is 0 Å². The Balaban J connectivity index is 2.14. The Hall–Kier alpha value is -0.800. The fourth-order valence-corrected chi connectivity index (χ4v) is 1.96. The van der Waals surface area contributed by atoms with Crippen molar-refractivity contribution < 1.29 is 14.2 Å². The molecule has 2 atom stereocenters. The van der Waals surface area contributed by atoms with Crippen LogP contribution < -0.4 is 4.74 Å². The quantitative estimate of drug-likeness (QED) is 0.867. The molecule has 4 heteroatoms. The van der Waals surface area contributed by atoms with Gasteiger partial charge in [0.05, 0.1) is 11.1 Å². The minimum atomic E-state index is -0.540. The van der Waals surface area contributed by atoms with Gasteiger partial charge in [0.15, 0.2) is 11.6 Å². The maximum atomic E-state index is 13.6. The van der Waals surface area contributed by atoms with Crippen LogP contribution in [0.3, 0.4) is 0 Å². The average Bonchev–Trinajstić information content (AvgIpc) is 2.24. The Morgan fingerprint density at radius 2 is 2.19 bits per heavy atom. The first-order chi connectivity index (χ1) is 7.43. The van der Waals surface area contributed by atoms with Crippen LogP contribution in [0.4, 0.5) is 4.39 Å². The minimum absolute atomic E-state index is 0.0511. The summed E-state index contributed by atoms with van der Waals surface area (Å²) in [5.41, 5.74) is -0.339. The molecule has 2 rings (SSSR count). The molecule has 1 saturated carbocycles. The van der Waals surface area contributed by atoms with Crippen LogP contribution in [0.25, 0.3) is 0 Å². The van der Waals surface area contributed by atoms with E-state index >= 15 is 0 Å². The lowest BCUT2D eigenvalue weighted by Crippen LogP contribution is -2.56. The number of hydrogen-bond acceptors (Lipinski definition) is 2. The third-order valence-electron chi connectivity index (χ3n) is 3.31. The average molecular weight is 245 g/mol. The summed E-state index contributed by atoms with van der Waals surface area (Å²) in [6.45, 7) is 3.79. The first-order valence-electron chi connectivity index (χ1n) is 5.21. The predicted molar refractivity (Wildman–Crippen MR) is 60.2 cm³/mol. The monoisotopic (exact) mass is 244 g/mol. The molecule has 0 heterocycles. The third kappa shape index (κ3) is 1.78. The molecule has 1 aliphatic rings. The number of aliphatic hydroxyl groups excluding tert-OH is 1. The van der Waals surface area contributed by atoms with E-state index in [4.69, 9.17) is 16.3 Å². The van der Waals surface area contributed by atoms with Gasteiger partial charge in [0, 0.05) is 11.8 Å². The second-order valence-corrected chi connectivity index (χ2v) is 5.14. The summed E-state index contributed by atoms with van der Waals surface area (Å²) >= 11 is 5.65. The van der Waals surface area contributed by atoms with Crippen LogP contribution in [0.2, 0.25) is 5.02 Å². The molecule has 0 aromatic heterocycles. The van der Waals surface area contributed by atoms with Crippen LogP contribution in [0, 0.1) is 11.2 Å². The second kappa shape index (κ2) is 3.90. The van der Waals surface area contributed by atoms with Crippen LogP contribution in [0.15, 0.2) is 18.2 Å². The number of aliphatic hydroxyl groups is 1. The van der Waals surface area contributed by atoms with Crippen LogP contribution in [-0.4, -0.2) is 17.3 Å². The van der Waals surface area contributed by atoms with Crippen molar-refractivity contribution in [1.82, 2.24) is 0 Å². The topological polar surface area (TPSA) is 29.5 Å². The molecule has 1 N–H and O–H groups in total. The molecular weight excluding hydrogens is 231 g/mol. The highest BCUT2D eigenvalue weighted by Crippen LogP contribution is 2.43. The van der Waals surface area contributed by atoms with Crippen molar-refractivity contribution >= 4 is 11.6 Å². The molecule has 0 aliphatic heterocycles. The first-order valence-corrected chi connectivity index (χ1v) is 5.59. The first kappa shape index (κ1) is 11.7. The van der Waals surface area contributed by atoms with Gasteiger partial charge in [0.1, 0.15) is 6.10 Å². The van der Waals surface area contributed by atoms with E-state index in [-0.39, 0.29) is 28.4 Å². The third-order valence-corrected chi connectivity index (χ3v) is 3.60. The molecule has 2 nitrogen and oxygen atoms in total. The van der Waals surface area contributed by atoms with Gasteiger partial charge in [0.2, 0.25) is 0 Å². The summed E-state index contributed by atoms with van der Waals surface area (Å²) in [4.78, 5) is 0. The summed E-state index contributed by atoms with van der Waals surface area (Å²) in [7, 11) is 0. The largest absolute Gasteiger partial charge is 0.487 e. The lowest BCUT2D eigenvalue weighted by atomic mass is 9.66. The van der Waals surface area contributed by atoms with Gasteiger partial charge in [0.25, 0.3) is 0 Å². The van der Waals surface area contributed by atoms with Crippen LogP contribution in [0.5, 0.6) is 5.75 Å². The van der Waals surface area contributed by atoms with Crippen molar-refractivity contribution in [3.05, 3.63) is 29.0 Å². The van der Waals surface area contributed by atoms with Gasteiger partial charge < -0.3 is 9.84 Å². The number of ether oxygens (including phenoxy) is 1. The summed E-state index contributed by atoms with van der Waals surface area (Å²) in [5.74, 6) is -0.390. The highest BCUT2D eigenvalue weighted by atomic mass is 35.5. The second-order valence-electron chi connectivity index (χ2n) is 4.73. The molecule has 1 aromatic carbocycles. The lowest BCUT2D eigenvalue weighted by molar-refractivity contribution is -0.135. The number of benzene rings is 1. The van der Waals surface area contributed by atoms with Crippen molar-refractivity contribution in [3.63, 3.8) is 0 Å². The zero-order valence-electron chi connectivity index (χ0n) is 9.21. The van der Waals surface area contributed by atoms with Crippen molar-refractivity contribution in [1.29, 1.82) is 0 Å². The molecule has 88 valence electrons. The Labute approximate surface area is 99.0 Å². The van der Waals surface area contributed by atoms with E-state index in [1.165, 1.54) is 6.07 Å². The maximum absolute atomic E-state index is 13.6. The SMILES string of the molecule is CC1(C)C(O)CC1Oc1cccc(Cl)c1F. The molecule has 1 fully saturated rings. The standard InChI is InChI=1S/C12H14ClFO2/c1-12(2)9(15)6-10(12)16-8-5-3-4-7(13)11(8)14/h3-5,9-10,15H,6H2,1-2H3. The van der Waals surface area contributed by atoms with E-state index < -0.39 is 5.82 Å². The number of halogens is 2. The molecule has 0 spiro atoms. The zero-order chi connectivity index (χ0) is 11.9. The normalized spacial score (nSPS) is 27.3. The molecule has 1 aromatic rings. The van der Waals surface area contributed by atoms with Crippen molar-refractivity contribution in [2.45, 2.75) is 32.5 Å². The molecule has 1 aliphatic carbocycles. The van der Waals surface area contributed by atoms with Gasteiger partial charge in [-0.05, 0) is 12.1 Å². The van der Waals surface area contributed by atoms with E-state index in [1.807, 2.05) is 13.8 Å². The smallest absolute Gasteiger partial charge is 0.183 e. The summed E-state index contributed by atoms with van der Waals surface area (Å²) in [6.07, 6.45) is -0.0332. The van der Waals surface area contributed by atoms with Gasteiger partial charge in [-0.1, -0.05) is 31.5 Å². The van der Waals surface area contributed by atoms with Crippen LogP contribution >= 0.6 is 11.6 Å². The van der Waals surface area contributed by atoms with Crippen molar-refractivity contribution in [3.8, 4) is 5.75 Å². The van der Waals surface area contributed by atoms with Gasteiger partial charge >= 0.3 is 0 Å². The van der Waals surface area contributed by atoms with Crippen LogP contribution in [0.1, 0.15) is 20.3 Å². The molecule has 0 radical (unpaired) electrons. The van der Waals surface area contributed by atoms with Gasteiger partial charge in [-0.15, -0.1) is 0 Å². The van der Waals surface area contributed by atoms with Gasteiger partial charge in [-0.2, -0.15) is 0 Å². The zero-order valence-corrected chi connectivity index (χ0v) is 9.96. The summed E-state index contributed by atoms with van der Waals surface area (Å²) in [6, 6.07) is 4.66. The van der Waals surface area contributed by atoms with Crippen molar-refractivity contribution in [2.75, 3.05) is 0 Å². The lowest BCUT2D eigenvalue weighted by Gasteiger charge is -2.48. The fraction of sp³-hybridized carbons (Fsp3) is 0.500. The van der Waals surface area contributed by atoms with Gasteiger partial charge in [-0.25, -0.2) is 4.39 Å². The predicted octanol–water partition coefficient (Wildman–Crippen LogP) is 3.02. The van der Waals surface area contributed by atoms with E-state index in [1.54, 1.807) is 12.1 Å². The Morgan fingerprint density at radius 3 is 2.75 bits per heavy atom. The number of hydrogen-bond donors (Lipinski definition) is 1. The molecule has 2 unspecified atom stereocenters. The summed E-state index contributed by atoms with van der Waals surface area (Å²) in [5, 5.41) is 9.60. The molecule has 0 amide bonds. The van der Waals surface area contributed by atoms with E-state index in [0.29, 0.717) is 6.42 Å². The van der Waals surface area contributed by atoms with Crippen LogP contribution in [-0.2, 0) is 0 Å². The fourth-order valence-electron chi connectivity index (χ4n) is 1.79. The minimum Gasteiger partial charge on any atom is -0.487 e. The molecule has 0 saturated heterocycles. The van der Waals surface area contributed by atoms with Crippen molar-refractivity contribution in [2.24, 2.45) is 5.41 Å². The highest BCUT2D eigenvalue weighted by molar-refractivity contribution is 6.30. The summed E-state index contributed by atoms with van der Waals surface area (Å²) < 4.78 is 19.1. The molecular formula is C12H14ClFO2. The molecule has 16 heavy (non-hydrogen) atoms. The molecule has 0 bridgehead atoms.